The van der Waals surface area contributed by atoms with Crippen molar-refractivity contribution in [1.82, 2.24) is 0 Å². The van der Waals surface area contributed by atoms with E-state index in [-0.39, 0.29) is 5.92 Å². The quantitative estimate of drug-likeness (QED) is 0.236. The fourth-order valence-electron chi connectivity index (χ4n) is 5.33. The third-order valence-corrected chi connectivity index (χ3v) is 7.19. The molecule has 0 aliphatic carbocycles. The lowest BCUT2D eigenvalue weighted by Crippen LogP contribution is -2.22. The second kappa shape index (κ2) is 10.3. The average molecular weight is 496 g/mol. The van der Waals surface area contributed by atoms with Crippen LogP contribution in [0, 0.1) is 0 Å². The summed E-state index contributed by atoms with van der Waals surface area (Å²) in [7, 11) is 3.42. The number of nitrogens with zero attached hydrogens (tertiary/aromatic N) is 1. The molecule has 0 bridgehead atoms. The zero-order valence-corrected chi connectivity index (χ0v) is 21.5. The van der Waals surface area contributed by atoms with Crippen molar-refractivity contribution in [2.45, 2.75) is 5.92 Å². The van der Waals surface area contributed by atoms with Gasteiger partial charge in [-0.15, -0.1) is 0 Å². The molecule has 0 fully saturated rings. The molecule has 0 radical (unpaired) electrons. The van der Waals surface area contributed by atoms with Crippen LogP contribution in [0.5, 0.6) is 11.5 Å². The molecule has 1 aliphatic heterocycles. The third kappa shape index (κ3) is 4.33. The predicted octanol–water partition coefficient (Wildman–Crippen LogP) is 8.42. The second-order valence-electron chi connectivity index (χ2n) is 9.33. The minimum Gasteiger partial charge on any atom is -0.497 e. The van der Waals surface area contributed by atoms with Gasteiger partial charge in [-0.25, -0.2) is 0 Å². The van der Waals surface area contributed by atoms with Crippen LogP contribution in [0.2, 0.25) is 0 Å². The molecule has 38 heavy (non-hydrogen) atoms. The molecular formula is C35H29NO2. The Labute approximate surface area is 224 Å². The van der Waals surface area contributed by atoms with E-state index in [2.05, 4.69) is 126 Å². The van der Waals surface area contributed by atoms with Crippen LogP contribution in [0.15, 0.2) is 134 Å². The number of hydrogen-bond donors (Lipinski definition) is 0. The van der Waals surface area contributed by atoms with E-state index in [9.17, 15) is 0 Å². The molecule has 3 heteroatoms. The van der Waals surface area contributed by atoms with Gasteiger partial charge in [0.1, 0.15) is 11.5 Å². The SMILES string of the molecule is COc1ccc(C2c3ccccc3N(C=C(c3ccccc3)c3ccccc3)c3cc(OC)ccc32)cc1. The molecule has 0 N–H and O–H groups in total. The van der Waals surface area contributed by atoms with Crippen LogP contribution in [0.25, 0.3) is 5.57 Å². The summed E-state index contributed by atoms with van der Waals surface area (Å²) in [5.41, 5.74) is 9.44. The van der Waals surface area contributed by atoms with Crippen LogP contribution in [-0.4, -0.2) is 14.2 Å². The van der Waals surface area contributed by atoms with E-state index in [0.717, 1.165) is 39.6 Å². The van der Waals surface area contributed by atoms with E-state index in [1.807, 2.05) is 12.1 Å². The van der Waals surface area contributed by atoms with Gasteiger partial charge in [0, 0.05) is 29.4 Å². The summed E-state index contributed by atoms with van der Waals surface area (Å²) in [6, 6.07) is 44.6. The Morgan fingerprint density at radius 2 is 1.13 bits per heavy atom. The largest absolute Gasteiger partial charge is 0.497 e. The van der Waals surface area contributed by atoms with Crippen LogP contribution in [0.1, 0.15) is 33.7 Å². The lowest BCUT2D eigenvalue weighted by atomic mass is 9.80. The smallest absolute Gasteiger partial charge is 0.120 e. The van der Waals surface area contributed by atoms with Crippen LogP contribution >= 0.6 is 0 Å². The van der Waals surface area contributed by atoms with Gasteiger partial charge >= 0.3 is 0 Å². The molecule has 1 atom stereocenters. The van der Waals surface area contributed by atoms with Crippen molar-refractivity contribution in [3.63, 3.8) is 0 Å². The number of ether oxygens (including phenoxy) is 2. The molecule has 0 aromatic heterocycles. The van der Waals surface area contributed by atoms with Gasteiger partial charge in [0.25, 0.3) is 0 Å². The first-order chi connectivity index (χ1) is 18.8. The molecule has 186 valence electrons. The van der Waals surface area contributed by atoms with Crippen molar-refractivity contribution in [1.29, 1.82) is 0 Å². The van der Waals surface area contributed by atoms with E-state index in [1.165, 1.54) is 16.7 Å². The molecule has 1 aliphatic rings. The zero-order valence-electron chi connectivity index (χ0n) is 21.5. The van der Waals surface area contributed by atoms with Crippen LogP contribution < -0.4 is 14.4 Å². The number of anilines is 2. The molecule has 0 saturated heterocycles. The van der Waals surface area contributed by atoms with Crippen molar-refractivity contribution in [2.75, 3.05) is 19.1 Å². The Hall–Kier alpha value is -4.76. The average Bonchev–Trinajstić information content (AvgIpc) is 3.00. The highest BCUT2D eigenvalue weighted by Gasteiger charge is 2.31. The number of para-hydroxylation sites is 1. The minimum atomic E-state index is 0.0829. The van der Waals surface area contributed by atoms with Gasteiger partial charge in [-0.1, -0.05) is 97.1 Å². The van der Waals surface area contributed by atoms with Crippen molar-refractivity contribution in [3.05, 3.63) is 161 Å². The first kappa shape index (κ1) is 23.6. The molecule has 5 aromatic rings. The predicted molar refractivity (Wildman–Crippen MR) is 155 cm³/mol. The first-order valence-electron chi connectivity index (χ1n) is 12.8. The van der Waals surface area contributed by atoms with E-state index in [4.69, 9.17) is 9.47 Å². The summed E-state index contributed by atoms with van der Waals surface area (Å²) in [4.78, 5) is 2.32. The maximum absolute atomic E-state index is 5.70. The van der Waals surface area contributed by atoms with Gasteiger partial charge in [-0.2, -0.15) is 0 Å². The van der Waals surface area contributed by atoms with E-state index in [0.29, 0.717) is 0 Å². The van der Waals surface area contributed by atoms with E-state index < -0.39 is 0 Å². The van der Waals surface area contributed by atoms with Crippen molar-refractivity contribution >= 4 is 16.9 Å². The molecule has 0 spiro atoms. The van der Waals surface area contributed by atoms with Crippen LogP contribution in [0.3, 0.4) is 0 Å². The normalized spacial score (nSPS) is 13.7. The molecular weight excluding hydrogens is 466 g/mol. The van der Waals surface area contributed by atoms with Gasteiger partial charge < -0.3 is 14.4 Å². The maximum Gasteiger partial charge on any atom is 0.120 e. The Morgan fingerprint density at radius 1 is 0.579 bits per heavy atom. The fraction of sp³-hybridized carbons (Fsp3) is 0.0857. The molecule has 5 aromatic carbocycles. The summed E-state index contributed by atoms with van der Waals surface area (Å²) < 4.78 is 11.1. The number of methoxy groups -OCH3 is 2. The fourth-order valence-corrected chi connectivity index (χ4v) is 5.33. The van der Waals surface area contributed by atoms with Crippen LogP contribution in [-0.2, 0) is 0 Å². The van der Waals surface area contributed by atoms with E-state index in [1.54, 1.807) is 14.2 Å². The lowest BCUT2D eigenvalue weighted by Gasteiger charge is -2.37. The Balaban J connectivity index is 1.60. The molecule has 0 amide bonds. The highest BCUT2D eigenvalue weighted by Crippen LogP contribution is 2.50. The lowest BCUT2D eigenvalue weighted by molar-refractivity contribution is 0.414. The number of fused-ring (bicyclic) bond motifs is 2. The van der Waals surface area contributed by atoms with Crippen molar-refractivity contribution in [2.24, 2.45) is 0 Å². The minimum absolute atomic E-state index is 0.0829. The number of hydrogen-bond acceptors (Lipinski definition) is 3. The van der Waals surface area contributed by atoms with Gasteiger partial charge in [-0.3, -0.25) is 0 Å². The summed E-state index contributed by atoms with van der Waals surface area (Å²) in [5, 5.41) is 0. The summed E-state index contributed by atoms with van der Waals surface area (Å²) in [6.45, 7) is 0. The van der Waals surface area contributed by atoms with E-state index >= 15 is 0 Å². The van der Waals surface area contributed by atoms with Crippen molar-refractivity contribution in [3.8, 4) is 11.5 Å². The van der Waals surface area contributed by atoms with Gasteiger partial charge in [0.15, 0.2) is 0 Å². The third-order valence-electron chi connectivity index (χ3n) is 7.19. The Bertz CT molecular complexity index is 1530. The first-order valence-corrected chi connectivity index (χ1v) is 12.8. The topological polar surface area (TPSA) is 21.7 Å². The number of rotatable bonds is 6. The monoisotopic (exact) mass is 495 g/mol. The Morgan fingerprint density at radius 3 is 1.76 bits per heavy atom. The Kier molecular flexibility index (Phi) is 6.41. The van der Waals surface area contributed by atoms with Gasteiger partial charge in [-0.05, 0) is 52.1 Å². The number of benzene rings is 5. The summed E-state index contributed by atoms with van der Waals surface area (Å²) in [6.07, 6.45) is 2.27. The molecule has 1 unspecified atom stereocenters. The summed E-state index contributed by atoms with van der Waals surface area (Å²) >= 11 is 0. The van der Waals surface area contributed by atoms with Crippen molar-refractivity contribution < 1.29 is 9.47 Å². The highest BCUT2D eigenvalue weighted by molar-refractivity contribution is 5.87. The van der Waals surface area contributed by atoms with Gasteiger partial charge in [0.2, 0.25) is 0 Å². The molecule has 3 nitrogen and oxygen atoms in total. The van der Waals surface area contributed by atoms with Gasteiger partial charge in [0.05, 0.1) is 19.9 Å². The highest BCUT2D eigenvalue weighted by atomic mass is 16.5. The molecule has 1 heterocycles. The standard InChI is InChI=1S/C35H29NO2/c1-37-28-19-17-27(18-20-28)35-30-15-9-10-16-33(30)36(34-23-29(38-2)21-22-31(34)35)24-32(25-11-5-3-6-12-25)26-13-7-4-8-14-26/h3-24,35H,1-2H3. The second-order valence-corrected chi connectivity index (χ2v) is 9.33. The molecule has 6 rings (SSSR count). The zero-order chi connectivity index (χ0) is 25.9. The maximum atomic E-state index is 5.70. The van der Waals surface area contributed by atoms with Crippen LogP contribution in [0.4, 0.5) is 11.4 Å². The summed E-state index contributed by atoms with van der Waals surface area (Å²) in [5.74, 6) is 1.77. The molecule has 0 saturated carbocycles.